The summed E-state index contributed by atoms with van der Waals surface area (Å²) in [7, 11) is 0. The largest absolute Gasteiger partial charge is 0.384 e. The van der Waals surface area contributed by atoms with E-state index in [0.717, 1.165) is 24.2 Å². The first-order valence-corrected chi connectivity index (χ1v) is 7.90. The van der Waals surface area contributed by atoms with Gasteiger partial charge in [-0.3, -0.25) is 9.78 Å². The van der Waals surface area contributed by atoms with Gasteiger partial charge in [-0.25, -0.2) is 4.39 Å². The van der Waals surface area contributed by atoms with Crippen LogP contribution in [0.3, 0.4) is 0 Å². The second kappa shape index (κ2) is 8.88. The van der Waals surface area contributed by atoms with E-state index in [2.05, 4.69) is 22.5 Å². The first kappa shape index (κ1) is 16.9. The second-order valence-corrected chi connectivity index (χ2v) is 5.41. The number of aromatic nitrogens is 1. The molecule has 0 bridgehead atoms. The Morgan fingerprint density at radius 2 is 1.96 bits per heavy atom. The molecular formula is C18H22FN3O. The Hall–Kier alpha value is -2.43. The lowest BCUT2D eigenvalue weighted by atomic mass is 10.2. The summed E-state index contributed by atoms with van der Waals surface area (Å²) in [6.45, 7) is 3.39. The van der Waals surface area contributed by atoms with Crippen molar-refractivity contribution < 1.29 is 9.18 Å². The number of rotatable bonds is 8. The van der Waals surface area contributed by atoms with Crippen molar-refractivity contribution in [2.24, 2.45) is 0 Å². The zero-order valence-corrected chi connectivity index (χ0v) is 13.3. The fourth-order valence-corrected chi connectivity index (χ4v) is 2.16. The topological polar surface area (TPSA) is 54.0 Å². The quantitative estimate of drug-likeness (QED) is 0.729. The molecule has 5 heteroatoms. The third kappa shape index (κ3) is 5.70. The van der Waals surface area contributed by atoms with Crippen molar-refractivity contribution >= 4 is 11.6 Å². The zero-order chi connectivity index (χ0) is 16.5. The van der Waals surface area contributed by atoms with Crippen LogP contribution >= 0.6 is 0 Å². The Morgan fingerprint density at radius 1 is 1.17 bits per heavy atom. The van der Waals surface area contributed by atoms with Gasteiger partial charge in [-0.15, -0.1) is 0 Å². The Labute approximate surface area is 136 Å². The number of hydrogen-bond acceptors (Lipinski definition) is 3. The first-order chi connectivity index (χ1) is 11.2. The van der Waals surface area contributed by atoms with Gasteiger partial charge < -0.3 is 10.6 Å². The summed E-state index contributed by atoms with van der Waals surface area (Å²) in [5.74, 6) is -0.481. The van der Waals surface area contributed by atoms with Gasteiger partial charge in [0.15, 0.2) is 0 Å². The van der Waals surface area contributed by atoms with Gasteiger partial charge in [0, 0.05) is 25.5 Å². The molecule has 23 heavy (non-hydrogen) atoms. The smallest absolute Gasteiger partial charge is 0.253 e. The van der Waals surface area contributed by atoms with Crippen molar-refractivity contribution in [3.05, 3.63) is 59.7 Å². The molecule has 2 aromatic rings. The lowest BCUT2D eigenvalue weighted by Crippen LogP contribution is -2.23. The minimum atomic E-state index is -0.286. The van der Waals surface area contributed by atoms with Crippen LogP contribution in [0.15, 0.2) is 42.7 Å². The van der Waals surface area contributed by atoms with Crippen LogP contribution in [-0.2, 0) is 6.54 Å². The monoisotopic (exact) mass is 315 g/mol. The summed E-state index contributed by atoms with van der Waals surface area (Å²) in [6, 6.07) is 7.85. The van der Waals surface area contributed by atoms with Crippen molar-refractivity contribution in [2.75, 3.05) is 11.9 Å². The van der Waals surface area contributed by atoms with E-state index in [1.165, 1.54) is 31.2 Å². The molecule has 0 saturated heterocycles. The molecule has 0 aliphatic carbocycles. The molecule has 1 aromatic heterocycles. The van der Waals surface area contributed by atoms with Gasteiger partial charge >= 0.3 is 0 Å². The van der Waals surface area contributed by atoms with Gasteiger partial charge in [0.1, 0.15) is 5.82 Å². The van der Waals surface area contributed by atoms with Crippen molar-refractivity contribution in [3.8, 4) is 0 Å². The van der Waals surface area contributed by atoms with Gasteiger partial charge in [-0.2, -0.15) is 0 Å². The van der Waals surface area contributed by atoms with Crippen molar-refractivity contribution in [1.82, 2.24) is 10.3 Å². The number of carbonyl (C=O) groups is 1. The highest BCUT2D eigenvalue weighted by Crippen LogP contribution is 2.09. The third-order valence-corrected chi connectivity index (χ3v) is 3.48. The van der Waals surface area contributed by atoms with Crippen LogP contribution in [0.1, 0.15) is 42.1 Å². The molecule has 122 valence electrons. The maximum Gasteiger partial charge on any atom is 0.253 e. The molecule has 0 aliphatic rings. The maximum atomic E-state index is 12.8. The molecule has 0 atom stereocenters. The summed E-state index contributed by atoms with van der Waals surface area (Å²) < 4.78 is 12.8. The number of nitrogens with zero attached hydrogens (tertiary/aromatic N) is 1. The molecule has 0 unspecified atom stereocenters. The van der Waals surface area contributed by atoms with Crippen LogP contribution in [0.2, 0.25) is 0 Å². The predicted molar refractivity (Wildman–Crippen MR) is 89.8 cm³/mol. The molecule has 2 N–H and O–H groups in total. The zero-order valence-electron chi connectivity index (χ0n) is 13.3. The standard InChI is InChI=1S/C18H22FN3O/c1-2-3-4-9-21-17-10-15(12-20-13-17)18(23)22-11-14-5-7-16(19)8-6-14/h5-8,10,12-13,21H,2-4,9,11H2,1H3,(H,22,23). The van der Waals surface area contributed by atoms with E-state index >= 15 is 0 Å². The molecule has 0 aliphatic heterocycles. The normalized spacial score (nSPS) is 10.3. The lowest BCUT2D eigenvalue weighted by molar-refractivity contribution is 0.0950. The van der Waals surface area contributed by atoms with Crippen molar-refractivity contribution in [1.29, 1.82) is 0 Å². The number of hydrogen-bond donors (Lipinski definition) is 2. The summed E-state index contributed by atoms with van der Waals surface area (Å²) in [5, 5.41) is 6.08. The molecule has 0 spiro atoms. The summed E-state index contributed by atoms with van der Waals surface area (Å²) >= 11 is 0. The van der Waals surface area contributed by atoms with E-state index in [1.807, 2.05) is 0 Å². The molecule has 4 nitrogen and oxygen atoms in total. The number of carbonyl (C=O) groups excluding carboxylic acids is 1. The van der Waals surface area contributed by atoms with E-state index < -0.39 is 0 Å². The van der Waals surface area contributed by atoms with Crippen LogP contribution in [0.25, 0.3) is 0 Å². The molecule has 1 amide bonds. The minimum absolute atomic E-state index is 0.195. The Balaban J connectivity index is 1.87. The fourth-order valence-electron chi connectivity index (χ4n) is 2.16. The van der Waals surface area contributed by atoms with Crippen LogP contribution < -0.4 is 10.6 Å². The molecular weight excluding hydrogens is 293 g/mol. The Kier molecular flexibility index (Phi) is 6.54. The van der Waals surface area contributed by atoms with E-state index in [4.69, 9.17) is 0 Å². The average Bonchev–Trinajstić information content (AvgIpc) is 2.58. The molecule has 0 saturated carbocycles. The molecule has 2 rings (SSSR count). The molecule has 0 radical (unpaired) electrons. The summed E-state index contributed by atoms with van der Waals surface area (Å²) in [5.41, 5.74) is 2.20. The van der Waals surface area contributed by atoms with Crippen LogP contribution in [0, 0.1) is 5.82 Å². The number of halogens is 1. The van der Waals surface area contributed by atoms with Crippen molar-refractivity contribution in [2.45, 2.75) is 32.7 Å². The van der Waals surface area contributed by atoms with Gasteiger partial charge in [0.2, 0.25) is 0 Å². The number of anilines is 1. The van der Waals surface area contributed by atoms with Crippen LogP contribution in [0.5, 0.6) is 0 Å². The molecule has 0 fully saturated rings. The Morgan fingerprint density at radius 3 is 2.70 bits per heavy atom. The van der Waals surface area contributed by atoms with Gasteiger partial charge in [-0.05, 0) is 30.2 Å². The van der Waals surface area contributed by atoms with E-state index in [0.29, 0.717) is 12.1 Å². The number of pyridine rings is 1. The average molecular weight is 315 g/mol. The number of benzene rings is 1. The molecule has 1 aromatic carbocycles. The molecule has 1 heterocycles. The SMILES string of the molecule is CCCCCNc1cncc(C(=O)NCc2ccc(F)cc2)c1. The first-order valence-electron chi connectivity index (χ1n) is 7.90. The fraction of sp³-hybridized carbons (Fsp3) is 0.333. The second-order valence-electron chi connectivity index (χ2n) is 5.41. The minimum Gasteiger partial charge on any atom is -0.384 e. The Bertz CT molecular complexity index is 628. The van der Waals surface area contributed by atoms with Crippen LogP contribution in [-0.4, -0.2) is 17.4 Å². The van der Waals surface area contributed by atoms with E-state index in [-0.39, 0.29) is 11.7 Å². The number of amides is 1. The highest BCUT2D eigenvalue weighted by molar-refractivity contribution is 5.94. The van der Waals surface area contributed by atoms with E-state index in [9.17, 15) is 9.18 Å². The highest BCUT2D eigenvalue weighted by Gasteiger charge is 2.07. The summed E-state index contributed by atoms with van der Waals surface area (Å²) in [4.78, 5) is 16.3. The van der Waals surface area contributed by atoms with E-state index in [1.54, 1.807) is 24.4 Å². The maximum absolute atomic E-state index is 12.8. The van der Waals surface area contributed by atoms with Crippen LogP contribution in [0.4, 0.5) is 10.1 Å². The van der Waals surface area contributed by atoms with Crippen molar-refractivity contribution in [3.63, 3.8) is 0 Å². The highest BCUT2D eigenvalue weighted by atomic mass is 19.1. The third-order valence-electron chi connectivity index (χ3n) is 3.48. The van der Waals surface area contributed by atoms with Gasteiger partial charge in [0.25, 0.3) is 5.91 Å². The predicted octanol–water partition coefficient (Wildman–Crippen LogP) is 3.75. The number of unbranched alkanes of at least 4 members (excludes halogenated alkanes) is 2. The summed E-state index contributed by atoms with van der Waals surface area (Å²) in [6.07, 6.45) is 6.70. The number of nitrogens with one attached hydrogen (secondary N) is 2. The van der Waals surface area contributed by atoms with Gasteiger partial charge in [0.05, 0.1) is 11.3 Å². The van der Waals surface area contributed by atoms with Gasteiger partial charge in [-0.1, -0.05) is 31.9 Å². The lowest BCUT2D eigenvalue weighted by Gasteiger charge is -2.08.